The van der Waals surface area contributed by atoms with E-state index in [9.17, 15) is 22.8 Å². The van der Waals surface area contributed by atoms with Crippen molar-refractivity contribution in [3.05, 3.63) is 71.5 Å². The van der Waals surface area contributed by atoms with Gasteiger partial charge in [0.05, 0.1) is 39.4 Å². The van der Waals surface area contributed by atoms with E-state index >= 15 is 0 Å². The number of benzene rings is 2. The smallest absolute Gasteiger partial charge is 0.416 e. The van der Waals surface area contributed by atoms with Crippen LogP contribution in [0.25, 0.3) is 11.3 Å². The molecule has 34 heavy (non-hydrogen) atoms. The number of methoxy groups -OCH3 is 3. The molecular weight excluding hydrogens is 455 g/mol. The van der Waals surface area contributed by atoms with Crippen LogP contribution in [0.1, 0.15) is 34.1 Å². The van der Waals surface area contributed by atoms with Crippen LogP contribution in [0.15, 0.2) is 59.0 Å². The average molecular weight is 477 g/mol. The predicted octanol–water partition coefficient (Wildman–Crippen LogP) is 5.02. The molecular formula is C24H22F3NO6. The Labute approximate surface area is 193 Å². The van der Waals surface area contributed by atoms with Gasteiger partial charge in [-0.3, -0.25) is 9.59 Å². The lowest BCUT2D eigenvalue weighted by atomic mass is 10.0. The number of esters is 1. The first-order valence-electron chi connectivity index (χ1n) is 10.0. The van der Waals surface area contributed by atoms with E-state index in [2.05, 4.69) is 5.32 Å². The van der Waals surface area contributed by atoms with Gasteiger partial charge in [-0.25, -0.2) is 0 Å². The van der Waals surface area contributed by atoms with Gasteiger partial charge in [0.15, 0.2) is 17.3 Å². The average Bonchev–Trinajstić information content (AvgIpc) is 3.33. The van der Waals surface area contributed by atoms with Crippen LogP contribution in [0.3, 0.4) is 0 Å². The van der Waals surface area contributed by atoms with E-state index in [1.165, 1.54) is 45.6 Å². The van der Waals surface area contributed by atoms with Crippen LogP contribution in [0.2, 0.25) is 0 Å². The molecule has 0 saturated carbocycles. The second kappa shape index (κ2) is 10.3. The summed E-state index contributed by atoms with van der Waals surface area (Å²) in [7, 11) is 4.15. The molecule has 7 nitrogen and oxygen atoms in total. The van der Waals surface area contributed by atoms with Crippen molar-refractivity contribution in [2.75, 3.05) is 21.3 Å². The number of alkyl halides is 3. The lowest BCUT2D eigenvalue weighted by molar-refractivity contribution is -0.141. The van der Waals surface area contributed by atoms with Gasteiger partial charge in [-0.15, -0.1) is 0 Å². The van der Waals surface area contributed by atoms with Gasteiger partial charge in [-0.2, -0.15) is 13.2 Å². The maximum atomic E-state index is 13.0. The first-order valence-corrected chi connectivity index (χ1v) is 10.0. The molecule has 0 saturated heterocycles. The number of carbonyl (C=O) groups is 2. The summed E-state index contributed by atoms with van der Waals surface area (Å²) in [5.41, 5.74) is -0.125. The molecule has 1 unspecified atom stereocenters. The zero-order chi connectivity index (χ0) is 24.9. The quantitative estimate of drug-likeness (QED) is 0.459. The molecule has 1 aromatic heterocycles. The Morgan fingerprint density at radius 2 is 1.71 bits per heavy atom. The molecule has 3 rings (SSSR count). The molecule has 180 valence electrons. The van der Waals surface area contributed by atoms with Gasteiger partial charge < -0.3 is 23.9 Å². The van der Waals surface area contributed by atoms with Crippen LogP contribution in [-0.4, -0.2) is 33.2 Å². The topological polar surface area (TPSA) is 87.0 Å². The van der Waals surface area contributed by atoms with Gasteiger partial charge in [-0.05, 0) is 42.0 Å². The van der Waals surface area contributed by atoms with Crippen LogP contribution in [-0.2, 0) is 15.7 Å². The van der Waals surface area contributed by atoms with E-state index in [-0.39, 0.29) is 23.5 Å². The van der Waals surface area contributed by atoms with Crippen molar-refractivity contribution in [1.82, 2.24) is 5.32 Å². The third kappa shape index (κ3) is 5.69. The molecule has 1 atom stereocenters. The summed E-state index contributed by atoms with van der Waals surface area (Å²) in [6.07, 6.45) is -4.69. The third-order valence-corrected chi connectivity index (χ3v) is 5.02. The number of halogens is 3. The summed E-state index contributed by atoms with van der Waals surface area (Å²) < 4.78 is 59.8. The van der Waals surface area contributed by atoms with Crippen molar-refractivity contribution >= 4 is 11.9 Å². The molecule has 1 amide bonds. The van der Waals surface area contributed by atoms with Crippen molar-refractivity contribution in [2.24, 2.45) is 0 Å². The predicted molar refractivity (Wildman–Crippen MR) is 116 cm³/mol. The van der Waals surface area contributed by atoms with Crippen molar-refractivity contribution in [3.8, 4) is 22.8 Å². The second-order valence-electron chi connectivity index (χ2n) is 7.16. The number of carbonyl (C=O) groups excluding carboxylic acids is 2. The molecule has 0 aliphatic carbocycles. The maximum Gasteiger partial charge on any atom is 0.416 e. The van der Waals surface area contributed by atoms with E-state index in [1.54, 1.807) is 18.2 Å². The fraction of sp³-hybridized carbons (Fsp3) is 0.250. The maximum absolute atomic E-state index is 13.0. The Bertz CT molecular complexity index is 1170. The summed E-state index contributed by atoms with van der Waals surface area (Å²) in [6, 6.07) is 11.4. The monoisotopic (exact) mass is 477 g/mol. The van der Waals surface area contributed by atoms with Crippen molar-refractivity contribution in [3.63, 3.8) is 0 Å². The minimum Gasteiger partial charge on any atom is -0.493 e. The Balaban J connectivity index is 1.85. The molecule has 1 heterocycles. The molecule has 1 N–H and O–H groups in total. The third-order valence-electron chi connectivity index (χ3n) is 5.02. The standard InChI is InChI=1S/C24H22F3NO6/c1-31-19-8-7-14(12-21(19)32-2)17(13-22(29)33-3)28-23(30)20-10-9-18(34-20)15-5-4-6-16(11-15)24(25,26)27/h4-12,17H,13H2,1-3H3,(H,28,30). The van der Waals surface area contributed by atoms with E-state index in [0.717, 1.165) is 12.1 Å². The van der Waals surface area contributed by atoms with Crippen LogP contribution >= 0.6 is 0 Å². The van der Waals surface area contributed by atoms with Crippen LogP contribution in [0.5, 0.6) is 11.5 Å². The van der Waals surface area contributed by atoms with Crippen LogP contribution < -0.4 is 14.8 Å². The highest BCUT2D eigenvalue weighted by Crippen LogP contribution is 2.33. The fourth-order valence-corrected chi connectivity index (χ4v) is 3.27. The molecule has 0 fully saturated rings. The number of ether oxygens (including phenoxy) is 3. The van der Waals surface area contributed by atoms with Gasteiger partial charge in [0.2, 0.25) is 0 Å². The summed E-state index contributed by atoms with van der Waals surface area (Å²) in [4.78, 5) is 24.8. The molecule has 0 aliphatic rings. The lowest BCUT2D eigenvalue weighted by Gasteiger charge is -2.19. The number of hydrogen-bond donors (Lipinski definition) is 1. The summed E-state index contributed by atoms with van der Waals surface area (Å²) in [5, 5.41) is 2.69. The molecule has 3 aromatic rings. The van der Waals surface area contributed by atoms with E-state index in [4.69, 9.17) is 18.6 Å². The largest absolute Gasteiger partial charge is 0.493 e. The minimum absolute atomic E-state index is 0.0897. The Morgan fingerprint density at radius 3 is 2.35 bits per heavy atom. The van der Waals surface area contributed by atoms with Gasteiger partial charge in [0.1, 0.15) is 5.76 Å². The number of amides is 1. The van der Waals surface area contributed by atoms with E-state index in [0.29, 0.717) is 17.1 Å². The molecule has 0 spiro atoms. The number of rotatable bonds is 8. The first-order chi connectivity index (χ1) is 16.2. The van der Waals surface area contributed by atoms with Gasteiger partial charge in [0, 0.05) is 5.56 Å². The Hall–Kier alpha value is -3.95. The van der Waals surface area contributed by atoms with Crippen molar-refractivity contribution in [2.45, 2.75) is 18.6 Å². The van der Waals surface area contributed by atoms with Crippen molar-refractivity contribution in [1.29, 1.82) is 0 Å². The van der Waals surface area contributed by atoms with Gasteiger partial charge in [-0.1, -0.05) is 18.2 Å². The van der Waals surface area contributed by atoms with E-state index < -0.39 is 29.7 Å². The number of furan rings is 1. The summed E-state index contributed by atoms with van der Waals surface area (Å²) >= 11 is 0. The molecule has 2 aromatic carbocycles. The highest BCUT2D eigenvalue weighted by molar-refractivity contribution is 5.92. The summed E-state index contributed by atoms with van der Waals surface area (Å²) in [6.45, 7) is 0. The zero-order valence-corrected chi connectivity index (χ0v) is 18.6. The van der Waals surface area contributed by atoms with E-state index in [1.807, 2.05) is 0 Å². The van der Waals surface area contributed by atoms with Crippen LogP contribution in [0, 0.1) is 0 Å². The lowest BCUT2D eigenvalue weighted by Crippen LogP contribution is -2.30. The highest BCUT2D eigenvalue weighted by Gasteiger charge is 2.31. The number of nitrogens with one attached hydrogen (secondary N) is 1. The Kier molecular flexibility index (Phi) is 7.50. The van der Waals surface area contributed by atoms with Gasteiger partial charge in [0.25, 0.3) is 5.91 Å². The van der Waals surface area contributed by atoms with Crippen LogP contribution in [0.4, 0.5) is 13.2 Å². The fourth-order valence-electron chi connectivity index (χ4n) is 3.27. The second-order valence-corrected chi connectivity index (χ2v) is 7.16. The van der Waals surface area contributed by atoms with Gasteiger partial charge >= 0.3 is 12.1 Å². The Morgan fingerprint density at radius 1 is 0.971 bits per heavy atom. The molecule has 0 radical (unpaired) electrons. The summed E-state index contributed by atoms with van der Waals surface area (Å²) in [5.74, 6) is -0.416. The zero-order valence-electron chi connectivity index (χ0n) is 18.6. The minimum atomic E-state index is -4.51. The first kappa shape index (κ1) is 24.7. The molecule has 10 heteroatoms. The SMILES string of the molecule is COC(=O)CC(NC(=O)c1ccc(-c2cccc(C(F)(F)F)c2)o1)c1ccc(OC)c(OC)c1. The normalized spacial score (nSPS) is 12.1. The highest BCUT2D eigenvalue weighted by atomic mass is 19.4. The number of hydrogen-bond acceptors (Lipinski definition) is 6. The van der Waals surface area contributed by atoms with Crippen molar-refractivity contribution < 1.29 is 41.4 Å². The molecule has 0 bridgehead atoms. The molecule has 0 aliphatic heterocycles.